The van der Waals surface area contributed by atoms with Gasteiger partial charge in [0.25, 0.3) is 5.95 Å². The molecular formula is C36H42FN7O10. The fraction of sp³-hybridized carbons (Fsp3) is 0.389. The van der Waals surface area contributed by atoms with Crippen LogP contribution in [0.15, 0.2) is 54.9 Å². The predicted molar refractivity (Wildman–Crippen MR) is 188 cm³/mol. The van der Waals surface area contributed by atoms with E-state index >= 15 is 4.39 Å². The molecule has 0 saturated heterocycles. The molecule has 2 aromatic carbocycles. The highest BCUT2D eigenvalue weighted by molar-refractivity contribution is 6.04. The third kappa shape index (κ3) is 11.9. The van der Waals surface area contributed by atoms with Gasteiger partial charge >= 0.3 is 24.2 Å². The second kappa shape index (κ2) is 20.1. The molecule has 288 valence electrons. The molecule has 0 fully saturated rings. The molecule has 0 aliphatic carbocycles. The average Bonchev–Trinajstić information content (AvgIpc) is 3.57. The molecule has 1 amide bonds. The highest BCUT2D eigenvalue weighted by Crippen LogP contribution is 2.37. The van der Waals surface area contributed by atoms with Crippen LogP contribution in [-0.2, 0) is 30.2 Å². The summed E-state index contributed by atoms with van der Waals surface area (Å²) in [5.41, 5.74) is 1.13. The van der Waals surface area contributed by atoms with E-state index in [-0.39, 0.29) is 66.9 Å². The second-order valence-electron chi connectivity index (χ2n) is 11.7. The van der Waals surface area contributed by atoms with Crippen LogP contribution < -0.4 is 19.5 Å². The molecule has 2 N–H and O–H groups in total. The molecule has 0 saturated carbocycles. The number of hydrogen-bond donors (Lipinski definition) is 2. The Morgan fingerprint density at radius 2 is 1.72 bits per heavy atom. The van der Waals surface area contributed by atoms with Crippen molar-refractivity contribution in [2.45, 2.75) is 59.0 Å². The Bertz CT molecular complexity index is 1870. The summed E-state index contributed by atoms with van der Waals surface area (Å²) >= 11 is 0. The molecule has 4 rings (SSSR count). The van der Waals surface area contributed by atoms with Crippen molar-refractivity contribution in [2.75, 3.05) is 33.7 Å². The molecule has 17 nitrogen and oxygen atoms in total. The van der Waals surface area contributed by atoms with E-state index in [0.29, 0.717) is 17.5 Å². The topological polar surface area (TPSA) is 208 Å². The molecule has 18 heteroatoms. The van der Waals surface area contributed by atoms with Gasteiger partial charge < -0.3 is 33.2 Å². The molecule has 0 unspecified atom stereocenters. The Morgan fingerprint density at radius 1 is 0.981 bits per heavy atom. The lowest BCUT2D eigenvalue weighted by Crippen LogP contribution is -2.31. The predicted octanol–water partition coefficient (Wildman–Crippen LogP) is 5.27. The summed E-state index contributed by atoms with van der Waals surface area (Å²) in [7, 11) is 1.41. The molecule has 0 aliphatic heterocycles. The summed E-state index contributed by atoms with van der Waals surface area (Å²) in [5.74, 6) is -2.22. The van der Waals surface area contributed by atoms with Crippen molar-refractivity contribution in [3.63, 3.8) is 0 Å². The minimum Gasteiger partial charge on any atom is -0.497 e. The summed E-state index contributed by atoms with van der Waals surface area (Å²) in [4.78, 5) is 48.4. The van der Waals surface area contributed by atoms with Gasteiger partial charge in [-0.3, -0.25) is 15.5 Å². The Morgan fingerprint density at radius 3 is 2.39 bits per heavy atom. The molecule has 1 atom stereocenters. The van der Waals surface area contributed by atoms with E-state index in [1.165, 1.54) is 43.2 Å². The van der Waals surface area contributed by atoms with Crippen LogP contribution in [0.25, 0.3) is 5.95 Å². The van der Waals surface area contributed by atoms with Gasteiger partial charge in [0.05, 0.1) is 25.7 Å². The van der Waals surface area contributed by atoms with Gasteiger partial charge in [-0.25, -0.2) is 23.9 Å². The number of ether oxygens (including phenoxy) is 7. The first-order chi connectivity index (χ1) is 26.0. The maximum Gasteiger partial charge on any atom is 0.511 e. The van der Waals surface area contributed by atoms with Crippen LogP contribution in [-0.4, -0.2) is 88.6 Å². The van der Waals surface area contributed by atoms with Crippen LogP contribution in [0.3, 0.4) is 0 Å². The summed E-state index contributed by atoms with van der Waals surface area (Å²) in [6.45, 7) is 5.90. The summed E-state index contributed by atoms with van der Waals surface area (Å²) in [6.07, 6.45) is 2.46. The molecule has 0 spiro atoms. The average molecular weight is 752 g/mol. The van der Waals surface area contributed by atoms with E-state index in [1.807, 2.05) is 6.92 Å². The number of nitrogens with zero attached hydrogens (tertiary/aromatic N) is 5. The Hall–Kier alpha value is -6.33. The number of rotatable bonds is 18. The third-order valence-corrected chi connectivity index (χ3v) is 7.28. The number of hydrogen-bond acceptors (Lipinski definition) is 15. The van der Waals surface area contributed by atoms with Crippen molar-refractivity contribution < 1.29 is 51.9 Å². The lowest BCUT2D eigenvalue weighted by molar-refractivity contribution is -0.141. The maximum absolute atomic E-state index is 16.5. The van der Waals surface area contributed by atoms with Crippen molar-refractivity contribution in [3.05, 3.63) is 83.2 Å². The van der Waals surface area contributed by atoms with Crippen LogP contribution in [0.4, 0.5) is 14.0 Å². The van der Waals surface area contributed by atoms with Crippen LogP contribution in [0.5, 0.6) is 17.5 Å². The van der Waals surface area contributed by atoms with E-state index in [1.54, 1.807) is 44.2 Å². The SMILES string of the molecule is CCCCOC(=O)NC(=N)c1ccc(C[C@@H](c2nc(OCOC(=O)OC(C)C)n(-c3ncccn3)n2)c2cc(OC)cc(OCCOC(C)=O)c2F)cc1. The summed E-state index contributed by atoms with van der Waals surface area (Å²) in [6, 6.07) is 10.9. The minimum absolute atomic E-state index is 0.0496. The summed E-state index contributed by atoms with van der Waals surface area (Å²) in [5, 5.41) is 15.3. The first-order valence-corrected chi connectivity index (χ1v) is 16.9. The smallest absolute Gasteiger partial charge is 0.497 e. The first-order valence-electron chi connectivity index (χ1n) is 16.9. The molecule has 0 radical (unpaired) electrons. The number of aromatic nitrogens is 5. The van der Waals surface area contributed by atoms with Crippen molar-refractivity contribution in [3.8, 4) is 23.5 Å². The third-order valence-electron chi connectivity index (χ3n) is 7.28. The van der Waals surface area contributed by atoms with Gasteiger partial charge in [-0.1, -0.05) is 37.6 Å². The van der Waals surface area contributed by atoms with Crippen LogP contribution >= 0.6 is 0 Å². The minimum atomic E-state index is -0.968. The fourth-order valence-electron chi connectivity index (χ4n) is 4.75. The van der Waals surface area contributed by atoms with Crippen LogP contribution in [0.1, 0.15) is 69.0 Å². The number of carbonyl (C=O) groups excluding carboxylic acids is 3. The molecule has 2 heterocycles. The summed E-state index contributed by atoms with van der Waals surface area (Å²) < 4.78 is 54.5. The van der Waals surface area contributed by atoms with Crippen LogP contribution in [0.2, 0.25) is 0 Å². The number of carbonyl (C=O) groups is 3. The highest BCUT2D eigenvalue weighted by Gasteiger charge is 2.29. The zero-order valence-electron chi connectivity index (χ0n) is 30.5. The van der Waals surface area contributed by atoms with Gasteiger partial charge in [-0.05, 0) is 44.4 Å². The van der Waals surface area contributed by atoms with E-state index in [9.17, 15) is 14.4 Å². The highest BCUT2D eigenvalue weighted by atomic mass is 19.1. The quantitative estimate of drug-likeness (QED) is 0.0332. The Balaban J connectivity index is 1.73. The number of amidine groups is 1. The zero-order valence-corrected chi connectivity index (χ0v) is 30.5. The Kier molecular flexibility index (Phi) is 15.0. The number of esters is 1. The monoisotopic (exact) mass is 751 g/mol. The van der Waals surface area contributed by atoms with Crippen molar-refractivity contribution in [2.24, 2.45) is 0 Å². The lowest BCUT2D eigenvalue weighted by atomic mass is 9.90. The maximum atomic E-state index is 16.5. The fourth-order valence-corrected chi connectivity index (χ4v) is 4.75. The number of methoxy groups -OCH3 is 1. The largest absolute Gasteiger partial charge is 0.511 e. The molecular weight excluding hydrogens is 709 g/mol. The standard InChI is InChI=1S/C36H42FN7O10/c1-6-7-15-51-35(46)41-31(38)25-11-9-24(10-12-25)18-28(27-19-26(48-5)20-29(30(27)37)50-17-16-49-23(4)45)32-42-34(52-21-53-36(47)54-22(2)3)44(43-32)33-39-13-8-14-40-33/h8-14,19-20,22,28H,6-7,15-18,21H2,1-5H3,(H2,38,41,46)/t28-/m1/s1. The number of nitrogens with one attached hydrogen (secondary N) is 2. The lowest BCUT2D eigenvalue weighted by Gasteiger charge is -2.19. The van der Waals surface area contributed by atoms with Gasteiger partial charge in [0.2, 0.25) is 6.79 Å². The van der Waals surface area contributed by atoms with Crippen molar-refractivity contribution in [1.82, 2.24) is 30.0 Å². The van der Waals surface area contributed by atoms with Crippen LogP contribution in [0, 0.1) is 11.2 Å². The second-order valence-corrected chi connectivity index (χ2v) is 11.7. The normalized spacial score (nSPS) is 11.3. The molecule has 4 aromatic rings. The van der Waals surface area contributed by atoms with E-state index in [4.69, 9.17) is 38.6 Å². The number of amides is 1. The van der Waals surface area contributed by atoms with E-state index < -0.39 is 42.8 Å². The number of benzene rings is 2. The molecule has 54 heavy (non-hydrogen) atoms. The first kappa shape index (κ1) is 40.4. The van der Waals surface area contributed by atoms with Gasteiger partial charge in [0.15, 0.2) is 17.4 Å². The van der Waals surface area contributed by atoms with Gasteiger partial charge in [0.1, 0.15) is 24.8 Å². The van der Waals surface area contributed by atoms with Crippen molar-refractivity contribution in [1.29, 1.82) is 5.41 Å². The Labute approximate surface area is 310 Å². The molecule has 0 aliphatic rings. The number of unbranched alkanes of at least 4 members (excludes halogenated alkanes) is 1. The van der Waals surface area contributed by atoms with Gasteiger partial charge in [-0.2, -0.15) is 4.98 Å². The van der Waals surface area contributed by atoms with Gasteiger partial charge in [-0.15, -0.1) is 9.78 Å². The number of alkyl carbamates (subject to hydrolysis) is 1. The molecule has 0 bridgehead atoms. The van der Waals surface area contributed by atoms with E-state index in [0.717, 1.165) is 6.42 Å². The molecule has 2 aromatic heterocycles. The number of halogens is 1. The van der Waals surface area contributed by atoms with Crippen molar-refractivity contribution >= 4 is 24.1 Å². The zero-order chi connectivity index (χ0) is 39.0. The van der Waals surface area contributed by atoms with E-state index in [2.05, 4.69) is 25.4 Å². The van der Waals surface area contributed by atoms with Gasteiger partial charge in [0, 0.05) is 36.5 Å².